The second kappa shape index (κ2) is 8.42. The average molecular weight is 280 g/mol. The highest BCUT2D eigenvalue weighted by atomic mass is 16.3. The van der Waals surface area contributed by atoms with Gasteiger partial charge in [0.1, 0.15) is 5.76 Å². The second-order valence-corrected chi connectivity index (χ2v) is 5.74. The van der Waals surface area contributed by atoms with Crippen molar-refractivity contribution >= 4 is 0 Å². The Morgan fingerprint density at radius 3 is 2.45 bits per heavy atom. The van der Waals surface area contributed by atoms with Crippen molar-refractivity contribution < 1.29 is 4.42 Å². The summed E-state index contributed by atoms with van der Waals surface area (Å²) in [4.78, 5) is 7.36. The molecule has 1 aromatic heterocycles. The molecule has 1 fully saturated rings. The first-order valence-corrected chi connectivity index (χ1v) is 7.56. The number of furan rings is 1. The number of likely N-dealkylation sites (N-methyl/N-ethyl adjacent to an activating group) is 1. The number of piperazine rings is 1. The van der Waals surface area contributed by atoms with Crippen molar-refractivity contribution in [2.45, 2.75) is 6.54 Å². The van der Waals surface area contributed by atoms with Gasteiger partial charge in [-0.25, -0.2) is 0 Å². The van der Waals surface area contributed by atoms with Gasteiger partial charge in [-0.2, -0.15) is 0 Å². The van der Waals surface area contributed by atoms with Crippen LogP contribution in [0, 0.1) is 0 Å². The number of hydrogen-bond donors (Lipinski definition) is 1. The quantitative estimate of drug-likeness (QED) is 0.704. The fourth-order valence-electron chi connectivity index (χ4n) is 2.44. The predicted molar refractivity (Wildman–Crippen MR) is 81.8 cm³/mol. The summed E-state index contributed by atoms with van der Waals surface area (Å²) in [5.74, 6) is 1.01. The van der Waals surface area contributed by atoms with Crippen LogP contribution in [0.4, 0.5) is 0 Å². The fourth-order valence-corrected chi connectivity index (χ4v) is 2.44. The zero-order valence-electron chi connectivity index (χ0n) is 12.8. The van der Waals surface area contributed by atoms with Crippen molar-refractivity contribution in [3.05, 3.63) is 24.2 Å². The van der Waals surface area contributed by atoms with Crippen molar-refractivity contribution in [3.8, 4) is 0 Å². The van der Waals surface area contributed by atoms with Crippen molar-refractivity contribution in [3.63, 3.8) is 0 Å². The Bertz CT molecular complexity index is 345. The minimum absolute atomic E-state index is 0.829. The summed E-state index contributed by atoms with van der Waals surface area (Å²) in [6, 6.07) is 3.94. The van der Waals surface area contributed by atoms with Crippen LogP contribution in [-0.2, 0) is 6.54 Å². The van der Waals surface area contributed by atoms with Gasteiger partial charge in [0.05, 0.1) is 12.8 Å². The molecule has 5 heteroatoms. The zero-order valence-corrected chi connectivity index (χ0v) is 12.8. The molecule has 0 amide bonds. The van der Waals surface area contributed by atoms with Crippen molar-refractivity contribution in [1.29, 1.82) is 0 Å². The summed E-state index contributed by atoms with van der Waals surface area (Å²) in [7, 11) is 4.28. The van der Waals surface area contributed by atoms with Crippen LogP contribution in [0.2, 0.25) is 0 Å². The number of rotatable bonds is 8. The highest BCUT2D eigenvalue weighted by Gasteiger charge is 2.15. The Hall–Kier alpha value is -0.880. The average Bonchev–Trinajstić information content (AvgIpc) is 2.96. The van der Waals surface area contributed by atoms with E-state index in [1.807, 2.05) is 12.1 Å². The largest absolute Gasteiger partial charge is 0.468 e. The van der Waals surface area contributed by atoms with Crippen LogP contribution in [-0.4, -0.2) is 81.2 Å². The van der Waals surface area contributed by atoms with Crippen molar-refractivity contribution in [2.75, 3.05) is 66.5 Å². The molecule has 0 spiro atoms. The molecule has 0 radical (unpaired) electrons. The molecule has 2 rings (SSSR count). The van der Waals surface area contributed by atoms with Crippen LogP contribution >= 0.6 is 0 Å². The van der Waals surface area contributed by atoms with E-state index in [0.29, 0.717) is 0 Å². The van der Waals surface area contributed by atoms with Gasteiger partial charge < -0.3 is 14.6 Å². The molecule has 1 aliphatic heterocycles. The van der Waals surface area contributed by atoms with E-state index >= 15 is 0 Å². The minimum Gasteiger partial charge on any atom is -0.468 e. The van der Waals surface area contributed by atoms with E-state index < -0.39 is 0 Å². The van der Waals surface area contributed by atoms with Crippen LogP contribution < -0.4 is 5.32 Å². The SMILES string of the molecule is CN(C)CCN1CCN(CCNCc2ccco2)CC1. The lowest BCUT2D eigenvalue weighted by Crippen LogP contribution is -2.49. The third kappa shape index (κ3) is 5.63. The van der Waals surface area contributed by atoms with Crippen molar-refractivity contribution in [2.24, 2.45) is 0 Å². The maximum Gasteiger partial charge on any atom is 0.117 e. The summed E-state index contributed by atoms with van der Waals surface area (Å²) < 4.78 is 5.30. The van der Waals surface area contributed by atoms with Gasteiger partial charge in [-0.15, -0.1) is 0 Å². The summed E-state index contributed by atoms with van der Waals surface area (Å²) in [5, 5.41) is 3.43. The molecule has 5 nitrogen and oxygen atoms in total. The molecular formula is C15H28N4O. The van der Waals surface area contributed by atoms with E-state index in [2.05, 4.69) is 34.1 Å². The topological polar surface area (TPSA) is 34.9 Å². The first-order chi connectivity index (χ1) is 9.74. The highest BCUT2D eigenvalue weighted by molar-refractivity contribution is 4.97. The molecule has 1 saturated heterocycles. The number of nitrogens with one attached hydrogen (secondary N) is 1. The molecule has 0 bridgehead atoms. The minimum atomic E-state index is 0.829. The molecule has 0 atom stereocenters. The maximum atomic E-state index is 5.30. The van der Waals surface area contributed by atoms with Gasteiger partial charge >= 0.3 is 0 Å². The molecule has 1 aromatic rings. The molecule has 0 aromatic carbocycles. The van der Waals surface area contributed by atoms with E-state index in [9.17, 15) is 0 Å². The molecule has 0 aliphatic carbocycles. The lowest BCUT2D eigenvalue weighted by Gasteiger charge is -2.35. The summed E-state index contributed by atoms with van der Waals surface area (Å²) in [6.45, 7) is 10.1. The summed E-state index contributed by atoms with van der Waals surface area (Å²) in [6.07, 6.45) is 1.73. The standard InChI is InChI=1S/C15H28N4O/c1-17(2)7-8-19-11-9-18(10-12-19)6-5-16-14-15-4-3-13-20-15/h3-4,13,16H,5-12,14H2,1-2H3. The van der Waals surface area contributed by atoms with Gasteiger partial charge in [0, 0.05) is 52.4 Å². The lowest BCUT2D eigenvalue weighted by atomic mass is 10.3. The van der Waals surface area contributed by atoms with Crippen LogP contribution in [0.5, 0.6) is 0 Å². The lowest BCUT2D eigenvalue weighted by molar-refractivity contribution is 0.126. The smallest absolute Gasteiger partial charge is 0.117 e. The van der Waals surface area contributed by atoms with E-state index in [4.69, 9.17) is 4.42 Å². The second-order valence-electron chi connectivity index (χ2n) is 5.74. The highest BCUT2D eigenvalue weighted by Crippen LogP contribution is 2.01. The first kappa shape index (κ1) is 15.5. The van der Waals surface area contributed by atoms with Gasteiger partial charge in [0.25, 0.3) is 0 Å². The van der Waals surface area contributed by atoms with Gasteiger partial charge in [-0.1, -0.05) is 0 Å². The van der Waals surface area contributed by atoms with Crippen molar-refractivity contribution in [1.82, 2.24) is 20.0 Å². The van der Waals surface area contributed by atoms with Gasteiger partial charge in [-0.3, -0.25) is 9.80 Å². The third-order valence-corrected chi connectivity index (χ3v) is 3.81. The van der Waals surface area contributed by atoms with E-state index in [0.717, 1.165) is 31.9 Å². The Morgan fingerprint density at radius 2 is 1.85 bits per heavy atom. The predicted octanol–water partition coefficient (Wildman–Crippen LogP) is 0.548. The Morgan fingerprint density at radius 1 is 1.15 bits per heavy atom. The molecule has 114 valence electrons. The van der Waals surface area contributed by atoms with Gasteiger partial charge in [0.2, 0.25) is 0 Å². The molecule has 1 aliphatic rings. The number of nitrogens with zero attached hydrogens (tertiary/aromatic N) is 3. The molecule has 0 unspecified atom stereocenters. The van der Waals surface area contributed by atoms with Crippen LogP contribution in [0.3, 0.4) is 0 Å². The molecule has 2 heterocycles. The molecule has 1 N–H and O–H groups in total. The van der Waals surface area contributed by atoms with E-state index in [1.54, 1.807) is 6.26 Å². The molecule has 20 heavy (non-hydrogen) atoms. The van der Waals surface area contributed by atoms with E-state index in [1.165, 1.54) is 32.7 Å². The first-order valence-electron chi connectivity index (χ1n) is 7.56. The zero-order chi connectivity index (χ0) is 14.2. The fraction of sp³-hybridized carbons (Fsp3) is 0.733. The Labute approximate surface area is 122 Å². The third-order valence-electron chi connectivity index (χ3n) is 3.81. The normalized spacial score (nSPS) is 17.9. The maximum absolute atomic E-state index is 5.30. The number of hydrogen-bond acceptors (Lipinski definition) is 5. The summed E-state index contributed by atoms with van der Waals surface area (Å²) >= 11 is 0. The molecule has 0 saturated carbocycles. The van der Waals surface area contributed by atoms with Crippen LogP contribution in [0.15, 0.2) is 22.8 Å². The van der Waals surface area contributed by atoms with E-state index in [-0.39, 0.29) is 0 Å². The van der Waals surface area contributed by atoms with Crippen LogP contribution in [0.1, 0.15) is 5.76 Å². The monoisotopic (exact) mass is 280 g/mol. The van der Waals surface area contributed by atoms with Gasteiger partial charge in [-0.05, 0) is 26.2 Å². The Kier molecular flexibility index (Phi) is 6.53. The molecular weight excluding hydrogens is 252 g/mol. The van der Waals surface area contributed by atoms with Gasteiger partial charge in [0.15, 0.2) is 0 Å². The Balaban J connectivity index is 1.51. The van der Waals surface area contributed by atoms with Crippen LogP contribution in [0.25, 0.3) is 0 Å². The summed E-state index contributed by atoms with van der Waals surface area (Å²) in [5.41, 5.74) is 0.